The lowest BCUT2D eigenvalue weighted by molar-refractivity contribution is -0.116. The molecule has 2 aromatic carbocycles. The molecule has 9 nitrogen and oxygen atoms in total. The summed E-state index contributed by atoms with van der Waals surface area (Å²) in [7, 11) is 1.54. The van der Waals surface area contributed by atoms with Gasteiger partial charge in [0.05, 0.1) is 7.11 Å². The molecule has 0 unspecified atom stereocenters. The number of methoxy groups -OCH3 is 1. The average Bonchev–Trinajstić information content (AvgIpc) is 2.97. The van der Waals surface area contributed by atoms with Crippen molar-refractivity contribution in [1.82, 2.24) is 15.1 Å². The second-order valence-corrected chi connectivity index (χ2v) is 10.1. The Bertz CT molecular complexity index is 1140. The van der Waals surface area contributed by atoms with Crippen molar-refractivity contribution < 1.29 is 19.1 Å². The van der Waals surface area contributed by atoms with Crippen LogP contribution < -0.4 is 20.3 Å². The van der Waals surface area contributed by atoms with E-state index in [1.807, 2.05) is 29.2 Å². The molecule has 1 aliphatic heterocycles. The third-order valence-electron chi connectivity index (χ3n) is 7.30. The highest BCUT2D eigenvalue weighted by atomic mass is 16.5. The molecule has 1 aliphatic carbocycles. The number of rotatable bonds is 9. The molecular formula is C30H39N5O4. The van der Waals surface area contributed by atoms with Crippen molar-refractivity contribution in [3.63, 3.8) is 0 Å². The van der Waals surface area contributed by atoms with Gasteiger partial charge < -0.3 is 30.1 Å². The summed E-state index contributed by atoms with van der Waals surface area (Å²) in [6.45, 7) is 6.73. The molecule has 0 radical (unpaired) electrons. The number of amides is 4. The summed E-state index contributed by atoms with van der Waals surface area (Å²) in [5.74, 6) is 0.0115. The van der Waals surface area contributed by atoms with Crippen LogP contribution in [0.1, 0.15) is 42.5 Å². The van der Waals surface area contributed by atoms with Crippen molar-refractivity contribution in [2.24, 2.45) is 0 Å². The maximum Gasteiger partial charge on any atom is 0.317 e. The fraction of sp³-hybridized carbons (Fsp3) is 0.433. The summed E-state index contributed by atoms with van der Waals surface area (Å²) in [6.07, 6.45) is 7.43. The number of hydrogen-bond donors (Lipinski definition) is 2. The van der Waals surface area contributed by atoms with Gasteiger partial charge in [0.1, 0.15) is 12.3 Å². The molecule has 2 fully saturated rings. The van der Waals surface area contributed by atoms with Gasteiger partial charge in [-0.1, -0.05) is 31.4 Å². The number of piperazine rings is 1. The summed E-state index contributed by atoms with van der Waals surface area (Å²) < 4.78 is 5.21. The lowest BCUT2D eigenvalue weighted by Crippen LogP contribution is -2.53. The lowest BCUT2D eigenvalue weighted by Gasteiger charge is -2.37. The van der Waals surface area contributed by atoms with Gasteiger partial charge in [-0.2, -0.15) is 0 Å². The molecule has 1 saturated carbocycles. The van der Waals surface area contributed by atoms with E-state index in [2.05, 4.69) is 22.1 Å². The fourth-order valence-corrected chi connectivity index (χ4v) is 5.12. The highest BCUT2D eigenvalue weighted by molar-refractivity contribution is 5.99. The molecule has 1 saturated heterocycles. The van der Waals surface area contributed by atoms with Gasteiger partial charge in [0.2, 0.25) is 5.91 Å². The molecule has 4 amide bonds. The Balaban J connectivity index is 1.26. The molecule has 0 bridgehead atoms. The minimum absolute atomic E-state index is 0.0509. The van der Waals surface area contributed by atoms with Crippen LogP contribution in [0.25, 0.3) is 0 Å². The number of carbonyl (C=O) groups excluding carboxylic acids is 3. The summed E-state index contributed by atoms with van der Waals surface area (Å²) in [5.41, 5.74) is 2.14. The van der Waals surface area contributed by atoms with E-state index in [1.54, 1.807) is 37.5 Å². The molecule has 208 valence electrons. The summed E-state index contributed by atoms with van der Waals surface area (Å²) in [5, 5.41) is 6.08. The van der Waals surface area contributed by atoms with Crippen molar-refractivity contribution in [3.05, 3.63) is 66.7 Å². The van der Waals surface area contributed by atoms with E-state index in [4.69, 9.17) is 4.74 Å². The van der Waals surface area contributed by atoms with Gasteiger partial charge in [-0.05, 0) is 55.3 Å². The number of urea groups is 1. The normalized spacial score (nSPS) is 15.8. The predicted octanol–water partition coefficient (Wildman–Crippen LogP) is 4.13. The zero-order valence-corrected chi connectivity index (χ0v) is 22.7. The maximum atomic E-state index is 13.0. The highest BCUT2D eigenvalue weighted by Crippen LogP contribution is 2.21. The minimum atomic E-state index is -0.293. The quantitative estimate of drug-likeness (QED) is 0.473. The summed E-state index contributed by atoms with van der Waals surface area (Å²) >= 11 is 0. The van der Waals surface area contributed by atoms with Crippen LogP contribution in [0.5, 0.6) is 5.75 Å². The second-order valence-electron chi connectivity index (χ2n) is 10.1. The molecule has 0 aromatic heterocycles. The molecule has 39 heavy (non-hydrogen) atoms. The molecule has 9 heteroatoms. The van der Waals surface area contributed by atoms with Crippen molar-refractivity contribution in [2.45, 2.75) is 38.1 Å². The van der Waals surface area contributed by atoms with Gasteiger partial charge in [0, 0.05) is 55.7 Å². The van der Waals surface area contributed by atoms with Gasteiger partial charge in [-0.15, -0.1) is 6.58 Å². The van der Waals surface area contributed by atoms with Crippen LogP contribution in [-0.2, 0) is 4.79 Å². The fourth-order valence-electron chi connectivity index (χ4n) is 5.12. The lowest BCUT2D eigenvalue weighted by atomic mass is 9.96. The maximum absolute atomic E-state index is 13.0. The molecule has 2 N–H and O–H groups in total. The molecule has 0 spiro atoms. The summed E-state index contributed by atoms with van der Waals surface area (Å²) in [6, 6.07) is 14.9. The van der Waals surface area contributed by atoms with Crippen molar-refractivity contribution in [1.29, 1.82) is 0 Å². The largest absolute Gasteiger partial charge is 0.497 e. The number of hydrogen-bond acceptors (Lipinski definition) is 5. The SMILES string of the molecule is C=CCN(CC(=O)Nc1ccc(N2CCN(C(=O)NC3CCCCC3)CC2)cc1)C(=O)c1cccc(OC)c1. The van der Waals surface area contributed by atoms with Crippen LogP contribution in [0.15, 0.2) is 61.2 Å². The van der Waals surface area contributed by atoms with E-state index in [9.17, 15) is 14.4 Å². The van der Waals surface area contributed by atoms with E-state index in [1.165, 1.54) is 24.2 Å². The highest BCUT2D eigenvalue weighted by Gasteiger charge is 2.24. The van der Waals surface area contributed by atoms with Gasteiger partial charge in [0.25, 0.3) is 5.91 Å². The summed E-state index contributed by atoms with van der Waals surface area (Å²) in [4.78, 5) is 44.0. The van der Waals surface area contributed by atoms with Crippen LogP contribution >= 0.6 is 0 Å². The monoisotopic (exact) mass is 533 g/mol. The van der Waals surface area contributed by atoms with Crippen molar-refractivity contribution >= 4 is 29.2 Å². The number of nitrogens with one attached hydrogen (secondary N) is 2. The predicted molar refractivity (Wildman–Crippen MR) is 153 cm³/mol. The first kappa shape index (κ1) is 28.0. The Morgan fingerprint density at radius 1 is 1.03 bits per heavy atom. The third-order valence-corrected chi connectivity index (χ3v) is 7.30. The zero-order valence-electron chi connectivity index (χ0n) is 22.7. The topological polar surface area (TPSA) is 94.2 Å². The number of ether oxygens (including phenoxy) is 1. The van der Waals surface area contributed by atoms with Crippen molar-refractivity contribution in [2.75, 3.05) is 56.6 Å². The minimum Gasteiger partial charge on any atom is -0.497 e. The first-order valence-corrected chi connectivity index (χ1v) is 13.7. The van der Waals surface area contributed by atoms with Crippen LogP contribution in [0, 0.1) is 0 Å². The van der Waals surface area contributed by atoms with Gasteiger partial charge in [-0.3, -0.25) is 9.59 Å². The Morgan fingerprint density at radius 2 is 1.74 bits per heavy atom. The third kappa shape index (κ3) is 7.75. The van der Waals surface area contributed by atoms with Crippen molar-refractivity contribution in [3.8, 4) is 5.75 Å². The first-order chi connectivity index (χ1) is 19.0. The molecule has 4 rings (SSSR count). The number of anilines is 2. The molecule has 2 aliphatic rings. The van der Waals surface area contributed by atoms with E-state index in [-0.39, 0.29) is 30.9 Å². The Hall–Kier alpha value is -4.01. The van der Waals surface area contributed by atoms with Gasteiger partial charge in [0.15, 0.2) is 0 Å². The smallest absolute Gasteiger partial charge is 0.317 e. The van der Waals surface area contributed by atoms with E-state index in [0.717, 1.165) is 31.6 Å². The number of benzene rings is 2. The van der Waals surface area contributed by atoms with E-state index < -0.39 is 0 Å². The molecule has 0 atom stereocenters. The van der Waals surface area contributed by atoms with Crippen LogP contribution in [0.3, 0.4) is 0 Å². The number of carbonyl (C=O) groups is 3. The van der Waals surface area contributed by atoms with Crippen LogP contribution in [0.4, 0.5) is 16.2 Å². The molecule has 1 heterocycles. The van der Waals surface area contributed by atoms with Crippen LogP contribution in [0.2, 0.25) is 0 Å². The Labute approximate surface area is 230 Å². The van der Waals surface area contributed by atoms with Gasteiger partial charge >= 0.3 is 6.03 Å². The second kappa shape index (κ2) is 13.7. The molecule has 2 aromatic rings. The van der Waals surface area contributed by atoms with E-state index >= 15 is 0 Å². The standard InChI is InChI=1S/C30H39N5O4/c1-3-16-35(29(37)23-8-7-11-27(21-23)39-2)22-28(36)31-25-12-14-26(15-13-25)33-17-19-34(20-18-33)30(38)32-24-9-5-4-6-10-24/h3,7-8,11-15,21,24H,1,4-6,9-10,16-20,22H2,2H3,(H,31,36)(H,32,38). The Morgan fingerprint density at radius 3 is 2.41 bits per heavy atom. The van der Waals surface area contributed by atoms with E-state index in [0.29, 0.717) is 36.1 Å². The zero-order chi connectivity index (χ0) is 27.6. The van der Waals surface area contributed by atoms with Gasteiger partial charge in [-0.25, -0.2) is 4.79 Å². The Kier molecular flexibility index (Phi) is 9.83. The average molecular weight is 534 g/mol. The molecular weight excluding hydrogens is 494 g/mol. The number of nitrogens with zero attached hydrogens (tertiary/aromatic N) is 3. The first-order valence-electron chi connectivity index (χ1n) is 13.7. The van der Waals surface area contributed by atoms with Crippen LogP contribution in [-0.4, -0.2) is 80.1 Å².